The summed E-state index contributed by atoms with van der Waals surface area (Å²) in [4.78, 5) is 24.5. The van der Waals surface area contributed by atoms with Crippen molar-refractivity contribution in [1.82, 2.24) is 15.3 Å². The number of hydrogen-bond donors (Lipinski definition) is 2. The molecule has 0 aliphatic carbocycles. The van der Waals surface area contributed by atoms with Gasteiger partial charge in [-0.3, -0.25) is 4.79 Å². The number of hydrogen-bond acceptors (Lipinski definition) is 4. The van der Waals surface area contributed by atoms with Gasteiger partial charge in [-0.05, 0) is 56.7 Å². The zero-order valence-corrected chi connectivity index (χ0v) is 20.4. The number of aryl methyl sites for hydroxylation is 1. The van der Waals surface area contributed by atoms with E-state index in [4.69, 9.17) is 4.74 Å². The second-order valence-electron chi connectivity index (χ2n) is 7.46. The maximum Gasteiger partial charge on any atom is 0.407 e. The third-order valence-corrected chi connectivity index (χ3v) is 5.64. The highest BCUT2D eigenvalue weighted by Crippen LogP contribution is 2.21. The van der Waals surface area contributed by atoms with Gasteiger partial charge in [0.15, 0.2) is 0 Å². The lowest BCUT2D eigenvalue weighted by Gasteiger charge is -2.18. The first-order chi connectivity index (χ1) is 15.9. The van der Waals surface area contributed by atoms with Crippen LogP contribution in [0.25, 0.3) is 5.69 Å². The van der Waals surface area contributed by atoms with E-state index in [1.807, 2.05) is 74.5 Å². The van der Waals surface area contributed by atoms with Gasteiger partial charge < -0.3 is 14.6 Å². The molecule has 0 fully saturated rings. The predicted octanol–water partition coefficient (Wildman–Crippen LogP) is 5.18. The van der Waals surface area contributed by atoms with Crippen molar-refractivity contribution >= 4 is 34.1 Å². The van der Waals surface area contributed by atoms with Gasteiger partial charge >= 0.3 is 6.09 Å². The van der Waals surface area contributed by atoms with Crippen molar-refractivity contribution < 1.29 is 14.3 Å². The second-order valence-corrected chi connectivity index (χ2v) is 8.38. The Morgan fingerprint density at radius 3 is 2.48 bits per heavy atom. The molecule has 3 rings (SSSR count). The van der Waals surface area contributed by atoms with Crippen molar-refractivity contribution in [2.45, 2.75) is 33.2 Å². The highest BCUT2D eigenvalue weighted by Gasteiger charge is 2.19. The van der Waals surface area contributed by atoms with Gasteiger partial charge in [0.1, 0.15) is 0 Å². The van der Waals surface area contributed by atoms with Crippen molar-refractivity contribution in [2.75, 3.05) is 6.61 Å². The summed E-state index contributed by atoms with van der Waals surface area (Å²) in [6, 6.07) is 18.8. The molecule has 0 aliphatic rings. The third-order valence-electron chi connectivity index (χ3n) is 5.11. The standard InChI is InChI=1S/C25H27BrN4O3/c1-4-33-25(32)28-23(19-8-6-5-7-9-19)15-24(31)29-27-16-20-14-17(2)30(18(20)3)22-12-10-21(26)11-13-22/h5-14,16,23H,4,15H2,1-3H3,(H,28,32)(H,29,31)/b27-16-/t23-/m1/s1. The molecule has 0 saturated heterocycles. The summed E-state index contributed by atoms with van der Waals surface area (Å²) in [6.07, 6.45) is 1.09. The zero-order chi connectivity index (χ0) is 23.8. The Morgan fingerprint density at radius 2 is 1.82 bits per heavy atom. The number of aromatic nitrogens is 1. The SMILES string of the molecule is CCOC(=O)N[C@H](CC(=O)N/N=C\c1cc(C)n(-c2ccc(Br)cc2)c1C)c1ccccc1. The lowest BCUT2D eigenvalue weighted by Crippen LogP contribution is -2.33. The minimum Gasteiger partial charge on any atom is -0.450 e. The van der Waals surface area contributed by atoms with E-state index in [0.717, 1.165) is 32.7 Å². The molecule has 0 aliphatic heterocycles. The number of hydrazone groups is 1. The van der Waals surface area contributed by atoms with Gasteiger partial charge in [-0.15, -0.1) is 0 Å². The Balaban J connectivity index is 1.68. The number of benzene rings is 2. The van der Waals surface area contributed by atoms with E-state index in [1.165, 1.54) is 0 Å². The van der Waals surface area contributed by atoms with Gasteiger partial charge in [-0.25, -0.2) is 10.2 Å². The van der Waals surface area contributed by atoms with Gasteiger partial charge in [0.25, 0.3) is 0 Å². The molecule has 0 saturated carbocycles. The van der Waals surface area contributed by atoms with E-state index in [0.29, 0.717) is 0 Å². The van der Waals surface area contributed by atoms with E-state index in [-0.39, 0.29) is 18.9 Å². The smallest absolute Gasteiger partial charge is 0.407 e. The Kier molecular flexibility index (Phi) is 8.43. The van der Waals surface area contributed by atoms with Crippen molar-refractivity contribution in [1.29, 1.82) is 0 Å². The van der Waals surface area contributed by atoms with Gasteiger partial charge in [-0.1, -0.05) is 46.3 Å². The molecule has 0 bridgehead atoms. The Morgan fingerprint density at radius 1 is 1.12 bits per heavy atom. The molecule has 1 heterocycles. The van der Waals surface area contributed by atoms with Crippen molar-refractivity contribution in [3.8, 4) is 5.69 Å². The largest absolute Gasteiger partial charge is 0.450 e. The van der Waals surface area contributed by atoms with E-state index in [2.05, 4.69) is 36.3 Å². The average Bonchev–Trinajstić information content (AvgIpc) is 3.08. The highest BCUT2D eigenvalue weighted by molar-refractivity contribution is 9.10. The molecule has 1 aromatic heterocycles. The molecule has 172 valence electrons. The fraction of sp³-hybridized carbons (Fsp3) is 0.240. The summed E-state index contributed by atoms with van der Waals surface area (Å²) in [6.45, 7) is 6.01. The molecule has 33 heavy (non-hydrogen) atoms. The summed E-state index contributed by atoms with van der Waals surface area (Å²) in [7, 11) is 0. The first-order valence-corrected chi connectivity index (χ1v) is 11.4. The molecule has 0 unspecified atom stereocenters. The van der Waals surface area contributed by atoms with E-state index >= 15 is 0 Å². The van der Waals surface area contributed by atoms with Gasteiger partial charge in [0, 0.05) is 27.1 Å². The summed E-state index contributed by atoms with van der Waals surface area (Å²) in [5.41, 5.74) is 7.40. The topological polar surface area (TPSA) is 84.7 Å². The van der Waals surface area contributed by atoms with Gasteiger partial charge in [0.2, 0.25) is 5.91 Å². The minimum absolute atomic E-state index is 0.0259. The molecular weight excluding hydrogens is 484 g/mol. The first kappa shape index (κ1) is 24.3. The van der Waals surface area contributed by atoms with Crippen LogP contribution in [-0.4, -0.2) is 29.4 Å². The molecule has 0 radical (unpaired) electrons. The third kappa shape index (κ3) is 6.55. The van der Waals surface area contributed by atoms with Crippen LogP contribution in [0.3, 0.4) is 0 Å². The Bertz CT molecular complexity index is 1120. The number of alkyl carbamates (subject to hydrolysis) is 1. The molecule has 8 heteroatoms. The van der Waals surface area contributed by atoms with Crippen LogP contribution in [0, 0.1) is 13.8 Å². The lowest BCUT2D eigenvalue weighted by molar-refractivity contribution is -0.121. The van der Waals surface area contributed by atoms with Crippen LogP contribution in [0.4, 0.5) is 4.79 Å². The number of nitrogens with one attached hydrogen (secondary N) is 2. The number of amides is 2. The number of nitrogens with zero attached hydrogens (tertiary/aromatic N) is 2. The monoisotopic (exact) mass is 510 g/mol. The quantitative estimate of drug-likeness (QED) is 0.323. The molecule has 1 atom stereocenters. The van der Waals surface area contributed by atoms with Crippen LogP contribution < -0.4 is 10.7 Å². The number of ether oxygens (including phenoxy) is 1. The van der Waals surface area contributed by atoms with E-state index in [1.54, 1.807) is 13.1 Å². The average molecular weight is 511 g/mol. The number of halogens is 1. The number of rotatable bonds is 8. The first-order valence-electron chi connectivity index (χ1n) is 10.6. The maximum absolute atomic E-state index is 12.5. The lowest BCUT2D eigenvalue weighted by atomic mass is 10.0. The molecule has 7 nitrogen and oxygen atoms in total. The Labute approximate surface area is 202 Å². The van der Waals surface area contributed by atoms with Gasteiger partial charge in [-0.2, -0.15) is 5.10 Å². The van der Waals surface area contributed by atoms with Crippen molar-refractivity contribution in [3.05, 3.63) is 87.7 Å². The predicted molar refractivity (Wildman–Crippen MR) is 133 cm³/mol. The molecule has 3 aromatic rings. The van der Waals surface area contributed by atoms with E-state index in [9.17, 15) is 9.59 Å². The van der Waals surface area contributed by atoms with Crippen LogP contribution in [0.1, 0.15) is 41.9 Å². The van der Waals surface area contributed by atoms with Crippen LogP contribution in [-0.2, 0) is 9.53 Å². The summed E-state index contributed by atoms with van der Waals surface area (Å²) < 4.78 is 8.12. The molecule has 2 aromatic carbocycles. The molecule has 2 amide bonds. The van der Waals surface area contributed by atoms with E-state index < -0.39 is 12.1 Å². The normalized spacial score (nSPS) is 11.9. The van der Waals surface area contributed by atoms with Crippen LogP contribution in [0.5, 0.6) is 0 Å². The van der Waals surface area contributed by atoms with Gasteiger partial charge in [0.05, 0.1) is 25.3 Å². The second kappa shape index (κ2) is 11.5. The summed E-state index contributed by atoms with van der Waals surface area (Å²) in [5.74, 6) is -0.321. The fourth-order valence-corrected chi connectivity index (χ4v) is 3.83. The summed E-state index contributed by atoms with van der Waals surface area (Å²) >= 11 is 3.46. The maximum atomic E-state index is 12.5. The highest BCUT2D eigenvalue weighted by atomic mass is 79.9. The Hall–Kier alpha value is -3.39. The zero-order valence-electron chi connectivity index (χ0n) is 18.8. The number of carbonyl (C=O) groups is 2. The van der Waals surface area contributed by atoms with Crippen molar-refractivity contribution in [2.24, 2.45) is 5.10 Å². The summed E-state index contributed by atoms with van der Waals surface area (Å²) in [5, 5.41) is 6.87. The fourth-order valence-electron chi connectivity index (χ4n) is 3.56. The minimum atomic E-state index is -0.567. The van der Waals surface area contributed by atoms with Crippen LogP contribution in [0.2, 0.25) is 0 Å². The molecule has 0 spiro atoms. The van der Waals surface area contributed by atoms with Crippen LogP contribution in [0.15, 0.2) is 70.2 Å². The van der Waals surface area contributed by atoms with Crippen LogP contribution >= 0.6 is 15.9 Å². The molecule has 2 N–H and O–H groups in total. The number of carbonyl (C=O) groups excluding carboxylic acids is 2. The molecular formula is C25H27BrN4O3. The van der Waals surface area contributed by atoms with Crippen molar-refractivity contribution in [3.63, 3.8) is 0 Å².